The Morgan fingerprint density at radius 1 is 1.40 bits per heavy atom. The van der Waals surface area contributed by atoms with Gasteiger partial charge in [-0.05, 0) is 66.4 Å². The molecular formula is C15H16BrNO2S. The molecular weight excluding hydrogens is 338 g/mol. The molecule has 1 fully saturated rings. The van der Waals surface area contributed by atoms with Crippen LogP contribution in [0.4, 0.5) is 0 Å². The zero-order chi connectivity index (χ0) is 14.3. The fourth-order valence-electron chi connectivity index (χ4n) is 2.83. The molecule has 0 amide bonds. The number of carboxylic acids is 1. The Morgan fingerprint density at radius 3 is 2.70 bits per heavy atom. The van der Waals surface area contributed by atoms with Gasteiger partial charge < -0.3 is 10.0 Å². The van der Waals surface area contributed by atoms with Crippen molar-refractivity contribution in [1.82, 2.24) is 4.90 Å². The molecule has 0 atom stereocenters. The van der Waals surface area contributed by atoms with Gasteiger partial charge >= 0.3 is 5.97 Å². The number of nitrogens with zero attached hydrogens (tertiary/aromatic N) is 1. The van der Waals surface area contributed by atoms with E-state index in [0.29, 0.717) is 12.8 Å². The second kappa shape index (κ2) is 5.13. The molecule has 0 radical (unpaired) electrons. The third-order valence-electron chi connectivity index (χ3n) is 4.22. The van der Waals surface area contributed by atoms with Gasteiger partial charge in [-0.3, -0.25) is 4.79 Å². The first-order chi connectivity index (χ1) is 9.53. The van der Waals surface area contributed by atoms with E-state index in [1.54, 1.807) is 11.3 Å². The van der Waals surface area contributed by atoms with Crippen LogP contribution in [0.2, 0.25) is 0 Å². The molecule has 3 nitrogen and oxygen atoms in total. The summed E-state index contributed by atoms with van der Waals surface area (Å²) in [5.74, 6) is -0.687. The van der Waals surface area contributed by atoms with Crippen LogP contribution in [-0.2, 0) is 10.2 Å². The number of benzene rings is 1. The number of carbonyl (C=O) groups is 1. The fraction of sp³-hybridized carbons (Fsp3) is 0.400. The zero-order valence-corrected chi connectivity index (χ0v) is 13.6. The molecule has 3 rings (SSSR count). The first-order valence-corrected chi connectivity index (χ1v) is 8.24. The molecule has 106 valence electrons. The van der Waals surface area contributed by atoms with Crippen molar-refractivity contribution >= 4 is 43.3 Å². The molecule has 0 unspecified atom stereocenters. The highest BCUT2D eigenvalue weighted by atomic mass is 79.9. The van der Waals surface area contributed by atoms with Crippen molar-refractivity contribution in [2.75, 3.05) is 20.1 Å². The van der Waals surface area contributed by atoms with Crippen LogP contribution in [-0.4, -0.2) is 36.1 Å². The Balaban J connectivity index is 2.10. The molecule has 2 heterocycles. The van der Waals surface area contributed by atoms with Gasteiger partial charge in [0.05, 0.1) is 0 Å². The number of thiophene rings is 1. The zero-order valence-electron chi connectivity index (χ0n) is 11.2. The molecule has 20 heavy (non-hydrogen) atoms. The molecule has 0 bridgehead atoms. The first kappa shape index (κ1) is 14.0. The maximum Gasteiger partial charge on any atom is 0.315 e. The number of carboxylic acid groups (broad SMARTS) is 1. The molecule has 1 aliphatic heterocycles. The van der Waals surface area contributed by atoms with E-state index in [-0.39, 0.29) is 0 Å². The standard InChI is InChI=1S/C15H16BrNO2S/c1-17-7-5-15(6-8-17,14(18)19)12-9-10-3-2-4-11(16)13(10)20-12/h2-4,9H,5-8H2,1H3,(H,18,19). The molecule has 0 aliphatic carbocycles. The van der Waals surface area contributed by atoms with E-state index in [1.165, 1.54) is 0 Å². The van der Waals surface area contributed by atoms with Crippen LogP contribution in [0.3, 0.4) is 0 Å². The summed E-state index contributed by atoms with van der Waals surface area (Å²) in [7, 11) is 2.05. The number of hydrogen-bond acceptors (Lipinski definition) is 3. The number of fused-ring (bicyclic) bond motifs is 1. The third-order valence-corrected chi connectivity index (χ3v) is 6.53. The van der Waals surface area contributed by atoms with Crippen molar-refractivity contribution in [3.05, 3.63) is 33.6 Å². The quantitative estimate of drug-likeness (QED) is 0.894. The van der Waals surface area contributed by atoms with Crippen LogP contribution in [0.15, 0.2) is 28.7 Å². The van der Waals surface area contributed by atoms with Crippen molar-refractivity contribution in [2.24, 2.45) is 0 Å². The van der Waals surface area contributed by atoms with E-state index in [9.17, 15) is 9.90 Å². The average Bonchev–Trinajstić information content (AvgIpc) is 2.85. The highest BCUT2D eigenvalue weighted by molar-refractivity contribution is 9.10. The van der Waals surface area contributed by atoms with Gasteiger partial charge in [0.2, 0.25) is 0 Å². The highest BCUT2D eigenvalue weighted by Gasteiger charge is 2.43. The Kier molecular flexibility index (Phi) is 3.60. The number of rotatable bonds is 2. The van der Waals surface area contributed by atoms with Crippen molar-refractivity contribution in [1.29, 1.82) is 0 Å². The summed E-state index contributed by atoms with van der Waals surface area (Å²) in [6.07, 6.45) is 1.37. The van der Waals surface area contributed by atoms with Crippen molar-refractivity contribution in [3.63, 3.8) is 0 Å². The second-order valence-electron chi connectivity index (χ2n) is 5.46. The van der Waals surface area contributed by atoms with Gasteiger partial charge in [0.1, 0.15) is 5.41 Å². The predicted molar refractivity (Wildman–Crippen MR) is 85.6 cm³/mol. The normalized spacial score (nSPS) is 19.3. The molecule has 1 aromatic heterocycles. The summed E-state index contributed by atoms with van der Waals surface area (Å²) in [6, 6.07) is 8.10. The smallest absolute Gasteiger partial charge is 0.315 e. The molecule has 0 spiro atoms. The van der Waals surface area contributed by atoms with Crippen LogP contribution in [0, 0.1) is 0 Å². The number of aliphatic carboxylic acids is 1. The lowest BCUT2D eigenvalue weighted by Gasteiger charge is -2.36. The molecule has 1 aliphatic rings. The lowest BCUT2D eigenvalue weighted by molar-refractivity contribution is -0.145. The molecule has 1 aromatic carbocycles. The Labute approximate surface area is 130 Å². The lowest BCUT2D eigenvalue weighted by Crippen LogP contribution is -2.45. The maximum absolute atomic E-state index is 11.9. The molecule has 0 saturated carbocycles. The van der Waals surface area contributed by atoms with Crippen LogP contribution in [0.1, 0.15) is 17.7 Å². The first-order valence-electron chi connectivity index (χ1n) is 6.63. The lowest BCUT2D eigenvalue weighted by atomic mass is 9.77. The molecule has 1 saturated heterocycles. The van der Waals surface area contributed by atoms with Crippen LogP contribution in [0.25, 0.3) is 10.1 Å². The number of piperidine rings is 1. The van der Waals surface area contributed by atoms with Crippen LogP contribution >= 0.6 is 27.3 Å². The van der Waals surface area contributed by atoms with Crippen molar-refractivity contribution in [3.8, 4) is 0 Å². The third kappa shape index (κ3) is 2.18. The van der Waals surface area contributed by atoms with E-state index in [0.717, 1.165) is 32.5 Å². The summed E-state index contributed by atoms with van der Waals surface area (Å²) in [4.78, 5) is 15.1. The highest BCUT2D eigenvalue weighted by Crippen LogP contribution is 2.43. The SMILES string of the molecule is CN1CCC(C(=O)O)(c2cc3cccc(Br)c3s2)CC1. The van der Waals surface area contributed by atoms with Gasteiger partial charge in [-0.15, -0.1) is 11.3 Å². The van der Waals surface area contributed by atoms with E-state index < -0.39 is 11.4 Å². The largest absolute Gasteiger partial charge is 0.481 e. The second-order valence-corrected chi connectivity index (χ2v) is 7.37. The topological polar surface area (TPSA) is 40.5 Å². The van der Waals surface area contributed by atoms with Gasteiger partial charge in [0.25, 0.3) is 0 Å². The minimum Gasteiger partial charge on any atom is -0.481 e. The van der Waals surface area contributed by atoms with E-state index in [2.05, 4.69) is 26.9 Å². The number of likely N-dealkylation sites (tertiary alicyclic amines) is 1. The number of halogens is 1. The Bertz CT molecular complexity index is 659. The summed E-state index contributed by atoms with van der Waals surface area (Å²) in [5.41, 5.74) is -0.713. The van der Waals surface area contributed by atoms with E-state index >= 15 is 0 Å². The van der Waals surface area contributed by atoms with Gasteiger partial charge in [-0.25, -0.2) is 0 Å². The predicted octanol–water partition coefficient (Wildman–Crippen LogP) is 3.71. The molecule has 1 N–H and O–H groups in total. The minimum absolute atomic E-state index is 0.684. The summed E-state index contributed by atoms with van der Waals surface area (Å²) >= 11 is 5.17. The van der Waals surface area contributed by atoms with Gasteiger partial charge in [0.15, 0.2) is 0 Å². The molecule has 2 aromatic rings. The summed E-state index contributed by atoms with van der Waals surface area (Å²) in [6.45, 7) is 1.67. The number of hydrogen-bond donors (Lipinski definition) is 1. The van der Waals surface area contributed by atoms with Gasteiger partial charge in [0, 0.05) is 14.0 Å². The average molecular weight is 354 g/mol. The summed E-state index contributed by atoms with van der Waals surface area (Å²) in [5, 5.41) is 10.9. The summed E-state index contributed by atoms with van der Waals surface area (Å²) < 4.78 is 2.18. The monoisotopic (exact) mass is 353 g/mol. The Hall–Kier alpha value is -0.910. The van der Waals surface area contributed by atoms with E-state index in [4.69, 9.17) is 0 Å². The van der Waals surface area contributed by atoms with Gasteiger partial charge in [-0.2, -0.15) is 0 Å². The van der Waals surface area contributed by atoms with Crippen molar-refractivity contribution < 1.29 is 9.90 Å². The van der Waals surface area contributed by atoms with Gasteiger partial charge in [-0.1, -0.05) is 12.1 Å². The Morgan fingerprint density at radius 2 is 2.10 bits per heavy atom. The van der Waals surface area contributed by atoms with Crippen LogP contribution in [0.5, 0.6) is 0 Å². The van der Waals surface area contributed by atoms with Crippen LogP contribution < -0.4 is 0 Å². The van der Waals surface area contributed by atoms with Crippen molar-refractivity contribution in [2.45, 2.75) is 18.3 Å². The fourth-order valence-corrected chi connectivity index (χ4v) is 4.76. The molecule has 5 heteroatoms. The maximum atomic E-state index is 11.9. The van der Waals surface area contributed by atoms with E-state index in [1.807, 2.05) is 25.2 Å². The minimum atomic E-state index is -0.713.